The summed E-state index contributed by atoms with van der Waals surface area (Å²) in [7, 11) is 0. The van der Waals surface area contributed by atoms with Crippen molar-refractivity contribution in [1.29, 1.82) is 0 Å². The Labute approximate surface area is 173 Å². The molecule has 30 heavy (non-hydrogen) atoms. The van der Waals surface area contributed by atoms with Crippen LogP contribution < -0.4 is 0 Å². The van der Waals surface area contributed by atoms with Gasteiger partial charge in [0, 0.05) is 12.1 Å². The first-order chi connectivity index (χ1) is 14.7. The van der Waals surface area contributed by atoms with E-state index in [2.05, 4.69) is 25.5 Å². The lowest BCUT2D eigenvalue weighted by Gasteiger charge is -2.21. The molecule has 1 unspecified atom stereocenters. The van der Waals surface area contributed by atoms with Crippen molar-refractivity contribution in [3.8, 4) is 17.1 Å². The Hall–Kier alpha value is -3.81. The average molecular weight is 399 g/mol. The van der Waals surface area contributed by atoms with Gasteiger partial charge in [0.15, 0.2) is 11.5 Å². The van der Waals surface area contributed by atoms with Crippen LogP contribution in [0.4, 0.5) is 0 Å². The molecule has 1 N–H and O–H groups in total. The van der Waals surface area contributed by atoms with Crippen LogP contribution in [0.1, 0.15) is 40.8 Å². The van der Waals surface area contributed by atoms with Crippen molar-refractivity contribution in [3.63, 3.8) is 0 Å². The monoisotopic (exact) mass is 399 g/mol. The first kappa shape index (κ1) is 18.2. The van der Waals surface area contributed by atoms with E-state index in [0.717, 1.165) is 29.7 Å². The number of carbonyl (C=O) groups excluding carboxylic acids is 1. The molecule has 2 aromatic carbocycles. The molecule has 0 saturated carbocycles. The summed E-state index contributed by atoms with van der Waals surface area (Å²) in [6, 6.07) is 17.6. The Morgan fingerprint density at radius 3 is 2.83 bits per heavy atom. The number of aryl methyl sites for hydroxylation is 1. The van der Waals surface area contributed by atoms with E-state index >= 15 is 0 Å². The third-order valence-electron chi connectivity index (χ3n) is 5.34. The number of nitrogens with one attached hydrogen (secondary N) is 1. The average Bonchev–Trinajstić information content (AvgIpc) is 3.54. The van der Waals surface area contributed by atoms with E-state index in [4.69, 9.17) is 0 Å². The van der Waals surface area contributed by atoms with Crippen molar-refractivity contribution in [2.24, 2.45) is 0 Å². The number of likely N-dealkylation sites (tertiary alicyclic amines) is 1. The van der Waals surface area contributed by atoms with Gasteiger partial charge < -0.3 is 4.90 Å². The van der Waals surface area contributed by atoms with Crippen LogP contribution >= 0.6 is 0 Å². The summed E-state index contributed by atoms with van der Waals surface area (Å²) >= 11 is 0. The maximum Gasteiger partial charge on any atom is 0.276 e. The third kappa shape index (κ3) is 3.36. The van der Waals surface area contributed by atoms with Crippen LogP contribution in [0.15, 0.2) is 60.8 Å². The van der Waals surface area contributed by atoms with E-state index in [1.165, 1.54) is 0 Å². The highest BCUT2D eigenvalue weighted by Crippen LogP contribution is 2.31. The molecule has 1 fully saturated rings. The van der Waals surface area contributed by atoms with E-state index in [-0.39, 0.29) is 11.9 Å². The van der Waals surface area contributed by atoms with E-state index in [1.807, 2.05) is 61.5 Å². The second-order valence-electron chi connectivity index (χ2n) is 7.45. The van der Waals surface area contributed by atoms with E-state index in [9.17, 15) is 4.79 Å². The number of hydrogen-bond donors (Lipinski definition) is 1. The third-order valence-corrected chi connectivity index (χ3v) is 5.34. The van der Waals surface area contributed by atoms with Crippen molar-refractivity contribution in [1.82, 2.24) is 35.1 Å². The Kier molecular flexibility index (Phi) is 4.59. The molecule has 0 radical (unpaired) electrons. The van der Waals surface area contributed by atoms with Crippen molar-refractivity contribution in [3.05, 3.63) is 77.9 Å². The summed E-state index contributed by atoms with van der Waals surface area (Å²) in [6.07, 6.45) is 3.42. The van der Waals surface area contributed by atoms with E-state index < -0.39 is 0 Å². The molecule has 0 spiro atoms. The second-order valence-corrected chi connectivity index (χ2v) is 7.45. The zero-order valence-electron chi connectivity index (χ0n) is 16.6. The minimum Gasteiger partial charge on any atom is -0.327 e. The van der Waals surface area contributed by atoms with Crippen LogP contribution in [0, 0.1) is 6.92 Å². The molecule has 8 nitrogen and oxygen atoms in total. The predicted molar refractivity (Wildman–Crippen MR) is 111 cm³/mol. The first-order valence-electron chi connectivity index (χ1n) is 9.97. The quantitative estimate of drug-likeness (QED) is 0.568. The zero-order chi connectivity index (χ0) is 20.5. The molecule has 4 aromatic rings. The number of amides is 1. The highest BCUT2D eigenvalue weighted by Gasteiger charge is 2.34. The second kappa shape index (κ2) is 7.55. The molecule has 150 valence electrons. The lowest BCUT2D eigenvalue weighted by molar-refractivity contribution is 0.0724. The SMILES string of the molecule is Cc1cccc(-n2cc(C(=O)N3CCCC3c3nc(-c4ccccc4)n[nH]3)nn2)c1. The molecule has 1 aliphatic heterocycles. The summed E-state index contributed by atoms with van der Waals surface area (Å²) in [5.74, 6) is 1.19. The van der Waals surface area contributed by atoms with Gasteiger partial charge in [0.05, 0.1) is 17.9 Å². The highest BCUT2D eigenvalue weighted by molar-refractivity contribution is 5.92. The van der Waals surface area contributed by atoms with Crippen LogP contribution in [-0.4, -0.2) is 47.5 Å². The van der Waals surface area contributed by atoms with Crippen LogP contribution in [0.5, 0.6) is 0 Å². The fourth-order valence-electron chi connectivity index (χ4n) is 3.84. The summed E-state index contributed by atoms with van der Waals surface area (Å²) in [6.45, 7) is 2.67. The summed E-state index contributed by atoms with van der Waals surface area (Å²) in [5, 5.41) is 15.6. The van der Waals surface area contributed by atoms with Gasteiger partial charge in [0.2, 0.25) is 0 Å². The zero-order valence-corrected chi connectivity index (χ0v) is 16.6. The highest BCUT2D eigenvalue weighted by atomic mass is 16.2. The lowest BCUT2D eigenvalue weighted by atomic mass is 10.2. The van der Waals surface area contributed by atoms with Gasteiger partial charge in [0.25, 0.3) is 5.91 Å². The predicted octanol–water partition coefficient (Wildman–Crippen LogP) is 3.34. The smallest absolute Gasteiger partial charge is 0.276 e. The van der Waals surface area contributed by atoms with Gasteiger partial charge in [-0.3, -0.25) is 9.89 Å². The number of benzene rings is 2. The van der Waals surface area contributed by atoms with Gasteiger partial charge in [0.1, 0.15) is 5.82 Å². The van der Waals surface area contributed by atoms with Crippen LogP contribution in [0.25, 0.3) is 17.1 Å². The Balaban J connectivity index is 1.38. The largest absolute Gasteiger partial charge is 0.327 e. The standard InChI is InChI=1S/C22H21N7O/c1-15-7-5-10-17(13-15)29-14-18(24-27-29)22(30)28-12-6-11-19(28)21-23-20(25-26-21)16-8-3-2-4-9-16/h2-5,7-10,13-14,19H,6,11-12H2,1H3,(H,23,25,26). The van der Waals surface area contributed by atoms with Gasteiger partial charge in [-0.15, -0.1) is 5.10 Å². The van der Waals surface area contributed by atoms with Gasteiger partial charge in [-0.1, -0.05) is 47.7 Å². The van der Waals surface area contributed by atoms with Crippen LogP contribution in [0.2, 0.25) is 0 Å². The fourth-order valence-corrected chi connectivity index (χ4v) is 3.84. The number of hydrogen-bond acceptors (Lipinski definition) is 5. The van der Waals surface area contributed by atoms with Gasteiger partial charge in [-0.05, 0) is 37.5 Å². The van der Waals surface area contributed by atoms with E-state index in [0.29, 0.717) is 23.9 Å². The van der Waals surface area contributed by atoms with Gasteiger partial charge >= 0.3 is 0 Å². The lowest BCUT2D eigenvalue weighted by Crippen LogP contribution is -2.31. The first-order valence-corrected chi connectivity index (χ1v) is 9.97. The Bertz CT molecular complexity index is 1180. The fraction of sp³-hybridized carbons (Fsp3) is 0.227. The van der Waals surface area contributed by atoms with Gasteiger partial charge in [-0.25, -0.2) is 9.67 Å². The van der Waals surface area contributed by atoms with Crippen LogP contribution in [-0.2, 0) is 0 Å². The number of carbonyl (C=O) groups is 1. The molecule has 3 heterocycles. The number of nitrogens with zero attached hydrogens (tertiary/aromatic N) is 6. The molecule has 1 amide bonds. The molecule has 0 bridgehead atoms. The number of H-pyrrole nitrogens is 1. The Morgan fingerprint density at radius 1 is 1.13 bits per heavy atom. The van der Waals surface area contributed by atoms with Crippen molar-refractivity contribution >= 4 is 5.91 Å². The number of aromatic amines is 1. The summed E-state index contributed by atoms with van der Waals surface area (Å²) in [5.41, 5.74) is 3.26. The number of rotatable bonds is 4. The van der Waals surface area contributed by atoms with E-state index in [1.54, 1.807) is 15.8 Å². The molecule has 1 aliphatic rings. The molecule has 8 heteroatoms. The summed E-state index contributed by atoms with van der Waals surface area (Å²) < 4.78 is 1.63. The van der Waals surface area contributed by atoms with Gasteiger partial charge in [-0.2, -0.15) is 5.10 Å². The molecule has 2 aromatic heterocycles. The van der Waals surface area contributed by atoms with Crippen molar-refractivity contribution in [2.75, 3.05) is 6.54 Å². The maximum atomic E-state index is 13.2. The topological polar surface area (TPSA) is 92.6 Å². The molecule has 5 rings (SSSR count). The molecular weight excluding hydrogens is 378 g/mol. The molecular formula is C22H21N7O. The number of aromatic nitrogens is 6. The molecule has 0 aliphatic carbocycles. The maximum absolute atomic E-state index is 13.2. The molecule has 1 atom stereocenters. The van der Waals surface area contributed by atoms with Crippen molar-refractivity contribution in [2.45, 2.75) is 25.8 Å². The van der Waals surface area contributed by atoms with Crippen LogP contribution in [0.3, 0.4) is 0 Å². The van der Waals surface area contributed by atoms with Crippen molar-refractivity contribution < 1.29 is 4.79 Å². The minimum atomic E-state index is -0.147. The molecule has 1 saturated heterocycles. The normalized spacial score (nSPS) is 16.2. The minimum absolute atomic E-state index is 0.144. The summed E-state index contributed by atoms with van der Waals surface area (Å²) in [4.78, 5) is 19.6. The Morgan fingerprint density at radius 2 is 2.00 bits per heavy atom.